The number of hydrogen-bond donors (Lipinski definition) is 1. The smallest absolute Gasteiger partial charge is 0.341 e. The Morgan fingerprint density at radius 2 is 1.68 bits per heavy atom. The molecule has 0 amide bonds. The molecule has 1 aliphatic rings. The zero-order valence-electron chi connectivity index (χ0n) is 20.5. The number of methoxy groups -OCH3 is 1. The zero-order valence-corrected chi connectivity index (χ0v) is 20.5. The number of phenolic OH excluding ortho intramolecular Hbond substituents is 1. The maximum absolute atomic E-state index is 12.7. The van der Waals surface area contributed by atoms with E-state index in [2.05, 4.69) is 51.8 Å². The van der Waals surface area contributed by atoms with Crippen molar-refractivity contribution in [3.05, 3.63) is 59.7 Å². The monoisotopic (exact) mass is 466 g/mol. The molecule has 1 N–H and O–H groups in total. The molecule has 0 saturated carbocycles. The minimum atomic E-state index is -0.640. The van der Waals surface area contributed by atoms with Crippen molar-refractivity contribution in [2.75, 3.05) is 38.2 Å². The summed E-state index contributed by atoms with van der Waals surface area (Å²) in [6.07, 6.45) is 6.99. The highest BCUT2D eigenvalue weighted by molar-refractivity contribution is 6.00. The summed E-state index contributed by atoms with van der Waals surface area (Å²) in [7, 11) is 1.26. The first-order valence-electron chi connectivity index (χ1n) is 12.5. The highest BCUT2D eigenvalue weighted by Crippen LogP contribution is 2.23. The van der Waals surface area contributed by atoms with Crippen LogP contribution in [-0.4, -0.2) is 61.1 Å². The van der Waals surface area contributed by atoms with E-state index < -0.39 is 5.97 Å². The first-order valence-corrected chi connectivity index (χ1v) is 12.5. The van der Waals surface area contributed by atoms with Gasteiger partial charge in [-0.05, 0) is 49.6 Å². The van der Waals surface area contributed by atoms with Crippen molar-refractivity contribution in [1.29, 1.82) is 0 Å². The number of hydrogen-bond acceptors (Lipinski definition) is 6. The number of nitrogens with zero attached hydrogens (tertiary/aromatic N) is 2. The lowest BCUT2D eigenvalue weighted by Crippen LogP contribution is -2.50. The van der Waals surface area contributed by atoms with E-state index in [9.17, 15) is 14.7 Å². The van der Waals surface area contributed by atoms with E-state index in [4.69, 9.17) is 0 Å². The molecule has 1 aliphatic heterocycles. The van der Waals surface area contributed by atoms with Crippen molar-refractivity contribution in [2.24, 2.45) is 0 Å². The van der Waals surface area contributed by atoms with Crippen LogP contribution < -0.4 is 4.90 Å². The third kappa shape index (κ3) is 7.07. The van der Waals surface area contributed by atoms with Crippen LogP contribution in [0.25, 0.3) is 0 Å². The van der Waals surface area contributed by atoms with Crippen molar-refractivity contribution in [3.8, 4) is 5.75 Å². The number of anilines is 1. The molecule has 0 bridgehead atoms. The third-order valence-corrected chi connectivity index (χ3v) is 6.76. The van der Waals surface area contributed by atoms with Gasteiger partial charge in [-0.2, -0.15) is 0 Å². The van der Waals surface area contributed by atoms with E-state index in [0.29, 0.717) is 18.0 Å². The van der Waals surface area contributed by atoms with Crippen LogP contribution >= 0.6 is 0 Å². The lowest BCUT2D eigenvalue weighted by atomic mass is 9.98. The summed E-state index contributed by atoms with van der Waals surface area (Å²) in [4.78, 5) is 29.5. The third-order valence-electron chi connectivity index (χ3n) is 6.76. The lowest BCUT2D eigenvalue weighted by Gasteiger charge is -2.40. The summed E-state index contributed by atoms with van der Waals surface area (Å²) in [6, 6.07) is 15.6. The Hall–Kier alpha value is -2.86. The van der Waals surface area contributed by atoms with E-state index in [1.54, 1.807) is 6.07 Å². The molecule has 1 unspecified atom stereocenters. The van der Waals surface area contributed by atoms with Gasteiger partial charge in [0.15, 0.2) is 5.78 Å². The minimum Gasteiger partial charge on any atom is -0.507 e. The van der Waals surface area contributed by atoms with Gasteiger partial charge in [-0.15, -0.1) is 0 Å². The Balaban J connectivity index is 1.48. The van der Waals surface area contributed by atoms with Crippen molar-refractivity contribution in [1.82, 2.24) is 4.90 Å². The number of rotatable bonds is 12. The number of ether oxygens (including phenoxy) is 1. The van der Waals surface area contributed by atoms with Gasteiger partial charge in [0.05, 0.1) is 7.11 Å². The number of carbonyl (C=O) groups is 2. The van der Waals surface area contributed by atoms with Crippen molar-refractivity contribution >= 4 is 17.4 Å². The van der Waals surface area contributed by atoms with Gasteiger partial charge in [0.1, 0.15) is 11.3 Å². The molecule has 0 aliphatic carbocycles. The number of carbonyl (C=O) groups excluding carboxylic acids is 2. The van der Waals surface area contributed by atoms with E-state index >= 15 is 0 Å². The summed E-state index contributed by atoms with van der Waals surface area (Å²) >= 11 is 0. The standard InChI is InChI=1S/C28H38N2O4/c1-3-4-10-23(29-17-19-30(20-18-29)24-11-6-5-7-12-24)13-8-9-14-26(31)22-15-16-27(32)25(21-22)28(33)34-2/h5-7,11-12,15-16,21,23,32H,3-4,8-10,13-14,17-20H2,1-2H3. The number of Topliss-reactive ketones (excluding diaryl/α,β-unsaturated/α-hetero) is 1. The number of ketones is 1. The molecule has 3 rings (SSSR count). The topological polar surface area (TPSA) is 70.1 Å². The maximum Gasteiger partial charge on any atom is 0.341 e. The van der Waals surface area contributed by atoms with Gasteiger partial charge in [0, 0.05) is 49.9 Å². The molecule has 2 aromatic carbocycles. The minimum absolute atomic E-state index is 0.00765. The normalized spacial score (nSPS) is 15.2. The van der Waals surface area contributed by atoms with Gasteiger partial charge in [-0.1, -0.05) is 44.4 Å². The average molecular weight is 467 g/mol. The predicted octanol–water partition coefficient (Wildman–Crippen LogP) is 5.30. The van der Waals surface area contributed by atoms with Crippen LogP contribution in [0.1, 0.15) is 72.6 Å². The number of benzene rings is 2. The molecule has 0 radical (unpaired) electrons. The second-order valence-corrected chi connectivity index (χ2v) is 9.05. The average Bonchev–Trinajstić information content (AvgIpc) is 2.88. The number of esters is 1. The van der Waals surface area contributed by atoms with Crippen LogP contribution in [0.3, 0.4) is 0 Å². The van der Waals surface area contributed by atoms with Gasteiger partial charge in [-0.3, -0.25) is 9.69 Å². The SMILES string of the molecule is CCCCC(CCCCC(=O)c1ccc(O)c(C(=O)OC)c1)N1CCN(c2ccccc2)CC1. The molecule has 1 fully saturated rings. The summed E-state index contributed by atoms with van der Waals surface area (Å²) in [5.74, 6) is -0.820. The second kappa shape index (κ2) is 13.1. The van der Waals surface area contributed by atoms with Gasteiger partial charge >= 0.3 is 5.97 Å². The molecule has 1 saturated heterocycles. The highest BCUT2D eigenvalue weighted by atomic mass is 16.5. The second-order valence-electron chi connectivity index (χ2n) is 9.05. The number of aromatic hydroxyl groups is 1. The molecule has 6 heteroatoms. The fourth-order valence-electron chi connectivity index (χ4n) is 4.73. The number of phenols is 1. The van der Waals surface area contributed by atoms with Gasteiger partial charge in [0.25, 0.3) is 0 Å². The maximum atomic E-state index is 12.7. The fourth-order valence-corrected chi connectivity index (χ4v) is 4.73. The van der Waals surface area contributed by atoms with E-state index in [1.165, 1.54) is 44.2 Å². The summed E-state index contributed by atoms with van der Waals surface area (Å²) in [5.41, 5.74) is 1.77. The molecule has 1 heterocycles. The molecular weight excluding hydrogens is 428 g/mol. The van der Waals surface area contributed by atoms with Gasteiger partial charge in [0.2, 0.25) is 0 Å². The van der Waals surface area contributed by atoms with Gasteiger partial charge < -0.3 is 14.7 Å². The van der Waals surface area contributed by atoms with Crippen LogP contribution in [0.15, 0.2) is 48.5 Å². The first-order chi connectivity index (χ1) is 16.5. The summed E-state index contributed by atoms with van der Waals surface area (Å²) < 4.78 is 4.68. The Labute approximate surface area is 203 Å². The molecule has 0 spiro atoms. The molecule has 0 aromatic heterocycles. The zero-order chi connectivity index (χ0) is 24.3. The van der Waals surface area contributed by atoms with Crippen LogP contribution in [0.5, 0.6) is 5.75 Å². The first kappa shape index (κ1) is 25.8. The number of para-hydroxylation sites is 1. The Kier molecular flexibility index (Phi) is 9.95. The van der Waals surface area contributed by atoms with E-state index in [-0.39, 0.29) is 17.1 Å². The highest BCUT2D eigenvalue weighted by Gasteiger charge is 2.23. The summed E-state index contributed by atoms with van der Waals surface area (Å²) in [6.45, 7) is 6.49. The molecule has 184 valence electrons. The van der Waals surface area contributed by atoms with E-state index in [1.807, 2.05) is 0 Å². The van der Waals surface area contributed by atoms with Gasteiger partial charge in [-0.25, -0.2) is 4.79 Å². The van der Waals surface area contributed by atoms with Crippen molar-refractivity contribution in [3.63, 3.8) is 0 Å². The molecule has 34 heavy (non-hydrogen) atoms. The van der Waals surface area contributed by atoms with Crippen LogP contribution in [0.2, 0.25) is 0 Å². The Bertz CT molecular complexity index is 923. The quantitative estimate of drug-likeness (QED) is 0.260. The number of piperazine rings is 1. The Morgan fingerprint density at radius 3 is 2.35 bits per heavy atom. The Morgan fingerprint density at radius 1 is 0.971 bits per heavy atom. The van der Waals surface area contributed by atoms with E-state index in [0.717, 1.165) is 45.4 Å². The van der Waals surface area contributed by atoms with Crippen LogP contribution in [0, 0.1) is 0 Å². The summed E-state index contributed by atoms with van der Waals surface area (Å²) in [5, 5.41) is 9.85. The van der Waals surface area contributed by atoms with Crippen LogP contribution in [0.4, 0.5) is 5.69 Å². The van der Waals surface area contributed by atoms with Crippen LogP contribution in [-0.2, 0) is 4.74 Å². The van der Waals surface area contributed by atoms with Crippen molar-refractivity contribution < 1.29 is 19.4 Å². The molecule has 6 nitrogen and oxygen atoms in total. The van der Waals surface area contributed by atoms with Crippen molar-refractivity contribution in [2.45, 2.75) is 57.9 Å². The predicted molar refractivity (Wildman–Crippen MR) is 136 cm³/mol. The molecule has 1 atom stereocenters. The molecular formula is C28H38N2O4. The largest absolute Gasteiger partial charge is 0.507 e. The fraction of sp³-hybridized carbons (Fsp3) is 0.500. The molecule has 2 aromatic rings. The lowest BCUT2D eigenvalue weighted by molar-refractivity contribution is 0.0597. The number of unbranched alkanes of at least 4 members (excludes halogenated alkanes) is 2.